The first-order valence-corrected chi connectivity index (χ1v) is 10.4. The monoisotopic (exact) mass is 438 g/mol. The maximum Gasteiger partial charge on any atom is 0.338 e. The molecule has 1 aliphatic rings. The van der Waals surface area contributed by atoms with Crippen molar-refractivity contribution < 1.29 is 19.0 Å². The van der Waals surface area contributed by atoms with Crippen molar-refractivity contribution in [2.75, 3.05) is 6.61 Å². The smallest absolute Gasteiger partial charge is 0.338 e. The van der Waals surface area contributed by atoms with E-state index in [-0.39, 0.29) is 23.6 Å². The van der Waals surface area contributed by atoms with Gasteiger partial charge in [0.25, 0.3) is 0 Å². The van der Waals surface area contributed by atoms with Gasteiger partial charge in [-0.25, -0.2) is 4.79 Å². The van der Waals surface area contributed by atoms with E-state index in [2.05, 4.69) is 6.07 Å². The Bertz CT molecular complexity index is 1070. The van der Waals surface area contributed by atoms with Gasteiger partial charge in [-0.15, -0.1) is 0 Å². The van der Waals surface area contributed by atoms with Crippen molar-refractivity contribution in [1.29, 1.82) is 5.26 Å². The molecule has 0 spiro atoms. The van der Waals surface area contributed by atoms with Crippen molar-refractivity contribution >= 4 is 17.6 Å². The van der Waals surface area contributed by atoms with Gasteiger partial charge < -0.3 is 19.9 Å². The largest absolute Gasteiger partial charge is 0.463 e. The Morgan fingerprint density at radius 2 is 1.94 bits per heavy atom. The molecule has 2 aromatic carbocycles. The summed E-state index contributed by atoms with van der Waals surface area (Å²) in [5.74, 6) is 0.326. The van der Waals surface area contributed by atoms with Crippen molar-refractivity contribution in [3.05, 3.63) is 81.9 Å². The van der Waals surface area contributed by atoms with Crippen LogP contribution in [0.5, 0.6) is 11.5 Å². The normalized spacial score (nSPS) is 15.9. The summed E-state index contributed by atoms with van der Waals surface area (Å²) >= 11 is 5.93. The van der Waals surface area contributed by atoms with Crippen LogP contribution < -0.4 is 10.5 Å². The van der Waals surface area contributed by atoms with Crippen molar-refractivity contribution in [2.45, 2.75) is 32.6 Å². The summed E-state index contributed by atoms with van der Waals surface area (Å²) < 4.78 is 16.9. The fourth-order valence-electron chi connectivity index (χ4n) is 3.39. The Balaban J connectivity index is 2.07. The summed E-state index contributed by atoms with van der Waals surface area (Å²) in [6.45, 7) is 3.90. The summed E-state index contributed by atoms with van der Waals surface area (Å²) in [6, 6.07) is 16.2. The number of nitrogens with zero attached hydrogens (tertiary/aromatic N) is 1. The zero-order valence-corrected chi connectivity index (χ0v) is 18.1. The number of allylic oxidation sites excluding steroid dienone is 2. The topological polar surface area (TPSA) is 94.6 Å². The van der Waals surface area contributed by atoms with Gasteiger partial charge in [0.15, 0.2) is 0 Å². The van der Waals surface area contributed by atoms with Gasteiger partial charge in [0, 0.05) is 11.4 Å². The molecule has 0 amide bonds. The molecule has 2 N–H and O–H groups in total. The first-order valence-electron chi connectivity index (χ1n) is 9.99. The maximum absolute atomic E-state index is 12.9. The third-order valence-electron chi connectivity index (χ3n) is 4.71. The predicted molar refractivity (Wildman–Crippen MR) is 117 cm³/mol. The molecule has 1 heterocycles. The minimum atomic E-state index is -0.715. The van der Waals surface area contributed by atoms with Crippen LogP contribution in [-0.2, 0) is 14.3 Å². The molecule has 160 valence electrons. The number of hydrogen-bond donors (Lipinski definition) is 1. The summed E-state index contributed by atoms with van der Waals surface area (Å²) in [5, 5.41) is 10.4. The number of esters is 1. The fourth-order valence-corrected chi connectivity index (χ4v) is 3.52. The third kappa shape index (κ3) is 5.01. The van der Waals surface area contributed by atoms with E-state index in [0.717, 1.165) is 6.42 Å². The van der Waals surface area contributed by atoms with E-state index in [0.29, 0.717) is 34.3 Å². The molecular weight excluding hydrogens is 416 g/mol. The van der Waals surface area contributed by atoms with Crippen LogP contribution in [0.2, 0.25) is 5.02 Å². The highest BCUT2D eigenvalue weighted by molar-refractivity contribution is 6.30. The standard InChI is InChI=1S/C24H23ClN2O4/c1-3-6-20-22(24(28)29-4-2)21(19(14-26)23(27)31-20)15-7-5-8-18(13-15)30-17-11-9-16(25)10-12-17/h5,7-13,21H,3-4,6,27H2,1-2H3. The van der Waals surface area contributed by atoms with E-state index in [4.69, 9.17) is 31.5 Å². The lowest BCUT2D eigenvalue weighted by molar-refractivity contribution is -0.139. The molecule has 31 heavy (non-hydrogen) atoms. The van der Waals surface area contributed by atoms with Crippen molar-refractivity contribution in [3.8, 4) is 17.6 Å². The molecule has 0 bridgehead atoms. The molecule has 1 unspecified atom stereocenters. The zero-order chi connectivity index (χ0) is 22.4. The lowest BCUT2D eigenvalue weighted by Crippen LogP contribution is -2.26. The number of carbonyl (C=O) groups is 1. The number of ether oxygens (including phenoxy) is 3. The molecule has 0 saturated carbocycles. The Kier molecular flexibility index (Phi) is 7.22. The number of nitriles is 1. The molecule has 1 aliphatic heterocycles. The Morgan fingerprint density at radius 1 is 1.19 bits per heavy atom. The summed E-state index contributed by atoms with van der Waals surface area (Å²) in [5.41, 5.74) is 7.18. The highest BCUT2D eigenvalue weighted by atomic mass is 35.5. The van der Waals surface area contributed by atoms with E-state index in [1.165, 1.54) is 0 Å². The molecule has 2 aromatic rings. The zero-order valence-electron chi connectivity index (χ0n) is 17.4. The van der Waals surface area contributed by atoms with Crippen LogP contribution in [0, 0.1) is 11.3 Å². The van der Waals surface area contributed by atoms with E-state index < -0.39 is 11.9 Å². The van der Waals surface area contributed by atoms with Gasteiger partial charge in [-0.1, -0.05) is 30.7 Å². The van der Waals surface area contributed by atoms with Crippen LogP contribution in [0.1, 0.15) is 38.2 Å². The second-order valence-electron chi connectivity index (χ2n) is 6.86. The van der Waals surface area contributed by atoms with Crippen molar-refractivity contribution in [2.24, 2.45) is 5.73 Å². The highest BCUT2D eigenvalue weighted by Gasteiger charge is 2.37. The minimum absolute atomic E-state index is 0.00646. The van der Waals surface area contributed by atoms with Crippen LogP contribution in [-0.4, -0.2) is 12.6 Å². The molecule has 0 fully saturated rings. The Morgan fingerprint density at radius 3 is 2.58 bits per heavy atom. The van der Waals surface area contributed by atoms with E-state index in [9.17, 15) is 10.1 Å². The van der Waals surface area contributed by atoms with Crippen LogP contribution in [0.15, 0.2) is 71.3 Å². The molecule has 0 aromatic heterocycles. The van der Waals surface area contributed by atoms with E-state index in [1.54, 1.807) is 49.4 Å². The molecule has 0 radical (unpaired) electrons. The van der Waals surface area contributed by atoms with Crippen LogP contribution in [0.3, 0.4) is 0 Å². The number of halogens is 1. The predicted octanol–water partition coefficient (Wildman–Crippen LogP) is 5.56. The minimum Gasteiger partial charge on any atom is -0.463 e. The number of hydrogen-bond acceptors (Lipinski definition) is 6. The lowest BCUT2D eigenvalue weighted by Gasteiger charge is -2.28. The first kappa shape index (κ1) is 22.3. The van der Waals surface area contributed by atoms with Crippen LogP contribution in [0.4, 0.5) is 0 Å². The Hall–Kier alpha value is -3.43. The first-order chi connectivity index (χ1) is 15.0. The quantitative estimate of drug-likeness (QED) is 0.569. The van der Waals surface area contributed by atoms with Crippen molar-refractivity contribution in [3.63, 3.8) is 0 Å². The van der Waals surface area contributed by atoms with Gasteiger partial charge in [0.2, 0.25) is 5.88 Å². The number of nitrogens with two attached hydrogens (primary N) is 1. The molecule has 1 atom stereocenters. The van der Waals surface area contributed by atoms with Gasteiger partial charge in [-0.3, -0.25) is 0 Å². The molecule has 3 rings (SSSR count). The summed E-state index contributed by atoms with van der Waals surface area (Å²) in [7, 11) is 0. The van der Waals surface area contributed by atoms with Crippen molar-refractivity contribution in [1.82, 2.24) is 0 Å². The van der Waals surface area contributed by atoms with Gasteiger partial charge in [0.1, 0.15) is 28.9 Å². The lowest BCUT2D eigenvalue weighted by atomic mass is 9.82. The third-order valence-corrected chi connectivity index (χ3v) is 4.96. The molecule has 7 heteroatoms. The second kappa shape index (κ2) is 10.1. The molecular formula is C24H23ClN2O4. The average molecular weight is 439 g/mol. The van der Waals surface area contributed by atoms with Gasteiger partial charge in [0.05, 0.1) is 18.1 Å². The number of benzene rings is 2. The highest BCUT2D eigenvalue weighted by Crippen LogP contribution is 2.42. The maximum atomic E-state index is 12.9. The van der Waals surface area contributed by atoms with Crippen LogP contribution >= 0.6 is 11.6 Å². The fraction of sp³-hybridized carbons (Fsp3) is 0.250. The van der Waals surface area contributed by atoms with E-state index >= 15 is 0 Å². The molecule has 0 aliphatic carbocycles. The van der Waals surface area contributed by atoms with Crippen LogP contribution in [0.25, 0.3) is 0 Å². The summed E-state index contributed by atoms with van der Waals surface area (Å²) in [4.78, 5) is 12.9. The van der Waals surface area contributed by atoms with Gasteiger partial charge in [-0.2, -0.15) is 5.26 Å². The summed E-state index contributed by atoms with van der Waals surface area (Å²) in [6.07, 6.45) is 1.23. The van der Waals surface area contributed by atoms with E-state index in [1.807, 2.05) is 13.0 Å². The molecule has 0 saturated heterocycles. The van der Waals surface area contributed by atoms with Gasteiger partial charge >= 0.3 is 5.97 Å². The average Bonchev–Trinajstić information content (AvgIpc) is 2.75. The SMILES string of the molecule is CCCC1=C(C(=O)OCC)C(c2cccc(Oc3ccc(Cl)cc3)c2)C(C#N)=C(N)O1. The second-order valence-corrected chi connectivity index (χ2v) is 7.30. The molecule has 6 nitrogen and oxygen atoms in total. The number of carbonyl (C=O) groups excluding carboxylic acids is 1. The van der Waals surface area contributed by atoms with Gasteiger partial charge in [-0.05, 0) is 55.3 Å². The number of rotatable bonds is 7. The Labute approximate surface area is 186 Å².